The number of nitrogens with zero attached hydrogens (tertiary/aromatic N) is 3. The van der Waals surface area contributed by atoms with Crippen LogP contribution in [0.15, 0.2) is 48.5 Å². The van der Waals surface area contributed by atoms with Crippen molar-refractivity contribution < 1.29 is 24.2 Å². The van der Waals surface area contributed by atoms with Crippen molar-refractivity contribution in [3.8, 4) is 22.7 Å². The highest BCUT2D eigenvalue weighted by Gasteiger charge is 2.25. The summed E-state index contributed by atoms with van der Waals surface area (Å²) in [5.41, 5.74) is 3.29. The summed E-state index contributed by atoms with van der Waals surface area (Å²) >= 11 is 0. The van der Waals surface area contributed by atoms with Crippen LogP contribution in [0.3, 0.4) is 0 Å². The molecule has 0 radical (unpaired) electrons. The number of piperidine rings is 1. The van der Waals surface area contributed by atoms with Gasteiger partial charge in [0, 0.05) is 36.3 Å². The molecule has 0 spiro atoms. The minimum Gasteiger partial charge on any atom is -0.497 e. The van der Waals surface area contributed by atoms with Gasteiger partial charge in [-0.05, 0) is 55.7 Å². The predicted octanol–water partition coefficient (Wildman–Crippen LogP) is 3.05. The third kappa shape index (κ3) is 4.63. The van der Waals surface area contributed by atoms with Gasteiger partial charge in [-0.25, -0.2) is 9.48 Å². The third-order valence-electron chi connectivity index (χ3n) is 5.88. The van der Waals surface area contributed by atoms with Gasteiger partial charge in [0.2, 0.25) is 12.3 Å². The fourth-order valence-corrected chi connectivity index (χ4v) is 4.20. The molecule has 0 aliphatic carbocycles. The van der Waals surface area contributed by atoms with Crippen molar-refractivity contribution in [1.29, 1.82) is 0 Å². The molecule has 9 nitrogen and oxygen atoms in total. The van der Waals surface area contributed by atoms with Gasteiger partial charge < -0.3 is 20.1 Å². The zero-order valence-electron chi connectivity index (χ0n) is 18.9. The van der Waals surface area contributed by atoms with E-state index in [0.29, 0.717) is 42.1 Å². The summed E-state index contributed by atoms with van der Waals surface area (Å²) in [4.78, 5) is 36.9. The SMILES string of the molecule is COc1ccc(-n2nc(C(=O)O)c(CCNC=O)c2-c2ccc(N3CCCCC3=O)cc2)cc1. The van der Waals surface area contributed by atoms with E-state index >= 15 is 0 Å². The van der Waals surface area contributed by atoms with Crippen molar-refractivity contribution in [2.24, 2.45) is 0 Å². The number of aromatic nitrogens is 2. The van der Waals surface area contributed by atoms with E-state index in [2.05, 4.69) is 10.4 Å². The maximum absolute atomic E-state index is 12.3. The first kappa shape index (κ1) is 23.0. The Labute approximate surface area is 196 Å². The summed E-state index contributed by atoms with van der Waals surface area (Å²) in [7, 11) is 1.57. The molecule has 2 amide bonds. The Kier molecular flexibility index (Phi) is 6.91. The Bertz CT molecular complexity index is 1190. The molecule has 176 valence electrons. The molecule has 1 aliphatic rings. The van der Waals surface area contributed by atoms with Crippen LogP contribution in [-0.4, -0.2) is 53.4 Å². The minimum atomic E-state index is -1.15. The lowest BCUT2D eigenvalue weighted by molar-refractivity contribution is -0.119. The van der Waals surface area contributed by atoms with Crippen LogP contribution in [0.5, 0.6) is 5.75 Å². The lowest BCUT2D eigenvalue weighted by Gasteiger charge is -2.27. The molecule has 9 heteroatoms. The van der Waals surface area contributed by atoms with Crippen LogP contribution in [0.4, 0.5) is 5.69 Å². The topological polar surface area (TPSA) is 114 Å². The number of nitrogens with one attached hydrogen (secondary N) is 1. The van der Waals surface area contributed by atoms with Gasteiger partial charge in [0.1, 0.15) is 5.75 Å². The Morgan fingerprint density at radius 3 is 2.44 bits per heavy atom. The molecule has 3 aromatic rings. The number of hydrogen-bond acceptors (Lipinski definition) is 5. The first-order chi connectivity index (χ1) is 16.5. The highest BCUT2D eigenvalue weighted by Crippen LogP contribution is 2.32. The number of ether oxygens (including phenoxy) is 1. The van der Waals surface area contributed by atoms with E-state index in [-0.39, 0.29) is 24.6 Å². The smallest absolute Gasteiger partial charge is 0.356 e. The van der Waals surface area contributed by atoms with Crippen molar-refractivity contribution in [3.05, 3.63) is 59.8 Å². The third-order valence-corrected chi connectivity index (χ3v) is 5.88. The van der Waals surface area contributed by atoms with Crippen LogP contribution in [0.1, 0.15) is 35.3 Å². The maximum atomic E-state index is 12.3. The molecule has 0 saturated carbocycles. The molecule has 1 saturated heterocycles. The second-order valence-electron chi connectivity index (χ2n) is 7.96. The van der Waals surface area contributed by atoms with Crippen LogP contribution < -0.4 is 15.0 Å². The predicted molar refractivity (Wildman–Crippen MR) is 126 cm³/mol. The van der Waals surface area contributed by atoms with E-state index in [4.69, 9.17) is 4.74 Å². The van der Waals surface area contributed by atoms with Crippen LogP contribution >= 0.6 is 0 Å². The van der Waals surface area contributed by atoms with Gasteiger partial charge in [0.15, 0.2) is 5.69 Å². The van der Waals surface area contributed by atoms with Gasteiger partial charge in [-0.2, -0.15) is 5.10 Å². The fourth-order valence-electron chi connectivity index (χ4n) is 4.20. The van der Waals surface area contributed by atoms with Crippen molar-refractivity contribution >= 4 is 24.0 Å². The highest BCUT2D eigenvalue weighted by molar-refractivity contribution is 5.94. The van der Waals surface area contributed by atoms with E-state index in [1.54, 1.807) is 41.0 Å². The zero-order valence-corrected chi connectivity index (χ0v) is 18.9. The van der Waals surface area contributed by atoms with Crippen molar-refractivity contribution in [3.63, 3.8) is 0 Å². The lowest BCUT2D eigenvalue weighted by atomic mass is 10.0. The Morgan fingerprint density at radius 1 is 1.12 bits per heavy atom. The number of carbonyl (C=O) groups is 3. The van der Waals surface area contributed by atoms with Gasteiger partial charge in [-0.1, -0.05) is 12.1 Å². The Morgan fingerprint density at radius 2 is 1.82 bits per heavy atom. The quantitative estimate of drug-likeness (QED) is 0.373. The molecular formula is C25H26N4O5. The van der Waals surface area contributed by atoms with Crippen LogP contribution in [0, 0.1) is 0 Å². The number of carboxylic acid groups (broad SMARTS) is 1. The number of carbonyl (C=O) groups excluding carboxylic acids is 2. The fraction of sp³-hybridized carbons (Fsp3) is 0.280. The monoisotopic (exact) mass is 462 g/mol. The summed E-state index contributed by atoms with van der Waals surface area (Å²) in [6.45, 7) is 0.958. The molecule has 1 fully saturated rings. The van der Waals surface area contributed by atoms with E-state index in [0.717, 1.165) is 24.1 Å². The number of hydrogen-bond donors (Lipinski definition) is 2. The van der Waals surface area contributed by atoms with Crippen molar-refractivity contribution in [2.75, 3.05) is 25.1 Å². The summed E-state index contributed by atoms with van der Waals surface area (Å²) in [6.07, 6.45) is 3.29. The van der Waals surface area contributed by atoms with Gasteiger partial charge in [-0.15, -0.1) is 0 Å². The second-order valence-corrected chi connectivity index (χ2v) is 7.96. The van der Waals surface area contributed by atoms with E-state index in [9.17, 15) is 19.5 Å². The average Bonchev–Trinajstić information content (AvgIpc) is 3.24. The number of anilines is 1. The van der Waals surface area contributed by atoms with Gasteiger partial charge >= 0.3 is 5.97 Å². The molecule has 1 aromatic heterocycles. The molecule has 0 unspecified atom stereocenters. The summed E-state index contributed by atoms with van der Waals surface area (Å²) in [6, 6.07) is 14.6. The summed E-state index contributed by atoms with van der Waals surface area (Å²) in [5.74, 6) is -0.372. The van der Waals surface area contributed by atoms with E-state index in [1.807, 2.05) is 24.3 Å². The van der Waals surface area contributed by atoms with Crippen LogP contribution in [0.25, 0.3) is 16.9 Å². The minimum absolute atomic E-state index is 0.0752. The Hall–Kier alpha value is -4.14. The maximum Gasteiger partial charge on any atom is 0.356 e. The van der Waals surface area contributed by atoms with Crippen LogP contribution in [-0.2, 0) is 16.0 Å². The van der Waals surface area contributed by atoms with Gasteiger partial charge in [0.05, 0.1) is 18.5 Å². The van der Waals surface area contributed by atoms with E-state index < -0.39 is 5.97 Å². The summed E-state index contributed by atoms with van der Waals surface area (Å²) < 4.78 is 6.83. The molecule has 4 rings (SSSR count). The van der Waals surface area contributed by atoms with Crippen molar-refractivity contribution in [2.45, 2.75) is 25.7 Å². The number of amides is 2. The summed E-state index contributed by atoms with van der Waals surface area (Å²) in [5, 5.41) is 16.9. The largest absolute Gasteiger partial charge is 0.497 e. The number of rotatable bonds is 9. The van der Waals surface area contributed by atoms with Gasteiger partial charge in [-0.3, -0.25) is 9.59 Å². The molecule has 2 heterocycles. The van der Waals surface area contributed by atoms with Crippen LogP contribution in [0.2, 0.25) is 0 Å². The van der Waals surface area contributed by atoms with E-state index in [1.165, 1.54) is 0 Å². The number of methoxy groups -OCH3 is 1. The molecular weight excluding hydrogens is 436 g/mol. The number of carboxylic acids is 1. The highest BCUT2D eigenvalue weighted by atomic mass is 16.5. The Balaban J connectivity index is 1.81. The molecule has 0 bridgehead atoms. The zero-order chi connectivity index (χ0) is 24.1. The number of aromatic carboxylic acids is 1. The molecule has 34 heavy (non-hydrogen) atoms. The first-order valence-corrected chi connectivity index (χ1v) is 11.1. The van der Waals surface area contributed by atoms with Crippen molar-refractivity contribution in [1.82, 2.24) is 15.1 Å². The first-order valence-electron chi connectivity index (χ1n) is 11.1. The molecule has 2 N–H and O–H groups in total. The molecule has 2 aromatic carbocycles. The average molecular weight is 463 g/mol. The molecule has 0 atom stereocenters. The normalized spacial score (nSPS) is 13.6. The standard InChI is InChI=1S/C25H26N4O5/c1-34-20-11-9-19(10-12-20)29-24(21(13-14-26-16-30)23(27-29)25(32)33)17-5-7-18(8-6-17)28-15-3-2-4-22(28)31/h5-12,16H,2-4,13-15H2,1H3,(H,26,30)(H,32,33). The lowest BCUT2D eigenvalue weighted by Crippen LogP contribution is -2.35. The number of benzene rings is 2. The van der Waals surface area contributed by atoms with Gasteiger partial charge in [0.25, 0.3) is 0 Å². The second kappa shape index (κ2) is 10.2. The molecule has 1 aliphatic heterocycles.